The molecule has 0 unspecified atom stereocenters. The van der Waals surface area contributed by atoms with Gasteiger partial charge in [0.15, 0.2) is 11.5 Å². The fourth-order valence-electron chi connectivity index (χ4n) is 3.23. The van der Waals surface area contributed by atoms with Gasteiger partial charge >= 0.3 is 0 Å². The molecule has 2 aromatic carbocycles. The highest BCUT2D eigenvalue weighted by atomic mass is 32.2. The number of carbonyl (C=O) groups excluding carboxylic acids is 1. The van der Waals surface area contributed by atoms with Crippen LogP contribution in [0.15, 0.2) is 41.3 Å². The van der Waals surface area contributed by atoms with Gasteiger partial charge in [0.25, 0.3) is 0 Å². The molecule has 7 nitrogen and oxygen atoms in total. The molecule has 27 heavy (non-hydrogen) atoms. The number of aryl methyl sites for hydroxylation is 1. The first kappa shape index (κ1) is 17.8. The van der Waals surface area contributed by atoms with Gasteiger partial charge in [0.2, 0.25) is 15.9 Å². The van der Waals surface area contributed by atoms with Crippen molar-refractivity contribution in [1.82, 2.24) is 4.72 Å². The molecule has 0 saturated carbocycles. The van der Waals surface area contributed by atoms with Crippen molar-refractivity contribution in [3.63, 3.8) is 0 Å². The van der Waals surface area contributed by atoms with E-state index in [4.69, 9.17) is 9.47 Å². The minimum Gasteiger partial charge on any atom is -0.486 e. The fourth-order valence-corrected chi connectivity index (χ4v) is 4.51. The minimum atomic E-state index is -3.71. The molecule has 2 N–H and O–H groups in total. The maximum Gasteiger partial charge on any atom is 0.241 e. The molecule has 1 amide bonds. The van der Waals surface area contributed by atoms with Crippen LogP contribution in [0.1, 0.15) is 30.5 Å². The summed E-state index contributed by atoms with van der Waals surface area (Å²) in [6, 6.07) is 9.72. The van der Waals surface area contributed by atoms with E-state index in [-0.39, 0.29) is 10.8 Å². The zero-order valence-electron chi connectivity index (χ0n) is 14.8. The number of amides is 1. The summed E-state index contributed by atoms with van der Waals surface area (Å²) in [4.78, 5) is 11.6. The van der Waals surface area contributed by atoms with Crippen molar-refractivity contribution in [2.24, 2.45) is 0 Å². The van der Waals surface area contributed by atoms with E-state index in [1.165, 1.54) is 6.07 Å². The molecule has 0 saturated heterocycles. The van der Waals surface area contributed by atoms with Gasteiger partial charge in [-0.15, -0.1) is 0 Å². The van der Waals surface area contributed by atoms with Crippen LogP contribution in [0.5, 0.6) is 11.5 Å². The molecule has 0 aliphatic carbocycles. The van der Waals surface area contributed by atoms with Gasteiger partial charge in [-0.2, -0.15) is 0 Å². The number of carbonyl (C=O) groups is 1. The average Bonchev–Trinajstić information content (AvgIpc) is 2.66. The van der Waals surface area contributed by atoms with E-state index < -0.39 is 16.1 Å². The second-order valence-corrected chi connectivity index (χ2v) is 8.33. The lowest BCUT2D eigenvalue weighted by molar-refractivity contribution is -0.116. The Kier molecular flexibility index (Phi) is 4.53. The number of ether oxygens (including phenoxy) is 2. The van der Waals surface area contributed by atoms with Gasteiger partial charge < -0.3 is 14.8 Å². The lowest BCUT2D eigenvalue weighted by Gasteiger charge is -2.21. The molecular weight excluding hydrogens is 368 g/mol. The number of anilines is 1. The molecule has 0 bridgehead atoms. The van der Waals surface area contributed by atoms with Crippen LogP contribution in [-0.4, -0.2) is 27.5 Å². The van der Waals surface area contributed by atoms with Crippen LogP contribution in [0, 0.1) is 0 Å². The van der Waals surface area contributed by atoms with E-state index in [1.54, 1.807) is 31.2 Å². The number of rotatable bonds is 4. The lowest BCUT2D eigenvalue weighted by Crippen LogP contribution is -2.27. The fraction of sp³-hybridized carbons (Fsp3) is 0.316. The van der Waals surface area contributed by atoms with E-state index in [2.05, 4.69) is 10.0 Å². The highest BCUT2D eigenvalue weighted by Crippen LogP contribution is 2.33. The Morgan fingerprint density at radius 3 is 2.63 bits per heavy atom. The smallest absolute Gasteiger partial charge is 0.241 e. The Bertz CT molecular complexity index is 1000. The van der Waals surface area contributed by atoms with Crippen LogP contribution >= 0.6 is 0 Å². The zero-order chi connectivity index (χ0) is 19.0. The number of hydrogen-bond acceptors (Lipinski definition) is 5. The Hall–Kier alpha value is -2.58. The summed E-state index contributed by atoms with van der Waals surface area (Å²) >= 11 is 0. The van der Waals surface area contributed by atoms with E-state index in [1.807, 2.05) is 6.07 Å². The molecule has 8 heteroatoms. The Labute approximate surface area is 157 Å². The zero-order valence-corrected chi connectivity index (χ0v) is 15.6. The second-order valence-electron chi connectivity index (χ2n) is 6.61. The molecule has 4 rings (SSSR count). The first-order valence-electron chi connectivity index (χ1n) is 8.77. The van der Waals surface area contributed by atoms with Crippen LogP contribution in [0.3, 0.4) is 0 Å². The van der Waals surface area contributed by atoms with Crippen molar-refractivity contribution >= 4 is 21.6 Å². The van der Waals surface area contributed by atoms with Crippen LogP contribution in [-0.2, 0) is 21.2 Å². The Balaban J connectivity index is 1.55. The number of nitrogens with one attached hydrogen (secondary N) is 2. The Morgan fingerprint density at radius 1 is 1.04 bits per heavy atom. The summed E-state index contributed by atoms with van der Waals surface area (Å²) < 4.78 is 39.4. The molecule has 142 valence electrons. The minimum absolute atomic E-state index is 0.0523. The van der Waals surface area contributed by atoms with Gasteiger partial charge in [-0.1, -0.05) is 6.07 Å². The van der Waals surface area contributed by atoms with Gasteiger partial charge in [-0.25, -0.2) is 13.1 Å². The van der Waals surface area contributed by atoms with E-state index in [0.717, 1.165) is 11.1 Å². The topological polar surface area (TPSA) is 93.7 Å². The number of benzene rings is 2. The van der Waals surface area contributed by atoms with Gasteiger partial charge in [-0.05, 0) is 54.8 Å². The molecule has 0 aromatic heterocycles. The third-order valence-electron chi connectivity index (χ3n) is 4.68. The molecule has 0 spiro atoms. The van der Waals surface area contributed by atoms with Crippen LogP contribution in [0.2, 0.25) is 0 Å². The van der Waals surface area contributed by atoms with Crippen LogP contribution < -0.4 is 19.5 Å². The van der Waals surface area contributed by atoms with Crippen molar-refractivity contribution in [3.05, 3.63) is 47.5 Å². The highest BCUT2D eigenvalue weighted by molar-refractivity contribution is 7.89. The highest BCUT2D eigenvalue weighted by Gasteiger charge is 2.23. The third-order valence-corrected chi connectivity index (χ3v) is 6.22. The van der Waals surface area contributed by atoms with Crippen molar-refractivity contribution < 1.29 is 22.7 Å². The molecule has 2 heterocycles. The van der Waals surface area contributed by atoms with Crippen molar-refractivity contribution in [2.75, 3.05) is 18.5 Å². The maximum atomic E-state index is 12.8. The molecule has 0 radical (unpaired) electrons. The summed E-state index contributed by atoms with van der Waals surface area (Å²) in [5.74, 6) is 1.23. The van der Waals surface area contributed by atoms with Gasteiger partial charge in [0.05, 0.1) is 4.90 Å². The number of fused-ring (bicyclic) bond motifs is 2. The standard InChI is InChI=1S/C19H20N2O5S/c1-12(13-2-6-17-18(11-13)26-9-8-25-17)21-27(23,24)15-4-5-16-14(10-15)3-7-19(22)20-16/h2,4-6,10-12,21H,3,7-9H2,1H3,(H,20,22)/t12-/m1/s1. The molecule has 1 atom stereocenters. The predicted molar refractivity (Wildman–Crippen MR) is 99.6 cm³/mol. The Morgan fingerprint density at radius 2 is 1.81 bits per heavy atom. The quantitative estimate of drug-likeness (QED) is 0.839. The van der Waals surface area contributed by atoms with E-state index >= 15 is 0 Å². The van der Waals surface area contributed by atoms with Crippen molar-refractivity contribution in [3.8, 4) is 11.5 Å². The van der Waals surface area contributed by atoms with E-state index in [9.17, 15) is 13.2 Å². The van der Waals surface area contributed by atoms with Crippen molar-refractivity contribution in [1.29, 1.82) is 0 Å². The molecule has 2 aromatic rings. The van der Waals surface area contributed by atoms with Crippen molar-refractivity contribution in [2.45, 2.75) is 30.7 Å². The lowest BCUT2D eigenvalue weighted by atomic mass is 10.0. The predicted octanol–water partition coefficient (Wildman–Crippen LogP) is 2.38. The summed E-state index contributed by atoms with van der Waals surface area (Å²) in [6.07, 6.45) is 0.889. The summed E-state index contributed by atoms with van der Waals surface area (Å²) in [5.41, 5.74) is 2.28. The largest absolute Gasteiger partial charge is 0.486 e. The molecule has 2 aliphatic heterocycles. The van der Waals surface area contributed by atoms with Gasteiger partial charge in [0, 0.05) is 18.2 Å². The SMILES string of the molecule is C[C@@H](NS(=O)(=O)c1ccc2c(c1)CCC(=O)N2)c1ccc2c(c1)OCCO2. The summed E-state index contributed by atoms with van der Waals surface area (Å²) in [5, 5.41) is 2.75. The summed E-state index contributed by atoms with van der Waals surface area (Å²) in [6.45, 7) is 2.76. The monoisotopic (exact) mass is 388 g/mol. The first-order valence-corrected chi connectivity index (χ1v) is 10.3. The van der Waals surface area contributed by atoms with Crippen LogP contribution in [0.4, 0.5) is 5.69 Å². The molecular formula is C19H20N2O5S. The van der Waals surface area contributed by atoms with E-state index in [0.29, 0.717) is 43.2 Å². The average molecular weight is 388 g/mol. The second kappa shape index (κ2) is 6.86. The molecule has 2 aliphatic rings. The van der Waals surface area contributed by atoms with Gasteiger partial charge in [-0.3, -0.25) is 4.79 Å². The number of sulfonamides is 1. The van der Waals surface area contributed by atoms with Crippen LogP contribution in [0.25, 0.3) is 0 Å². The normalized spacial score (nSPS) is 17.0. The first-order chi connectivity index (χ1) is 12.9. The summed E-state index contributed by atoms with van der Waals surface area (Å²) in [7, 11) is -3.71. The molecule has 0 fully saturated rings. The van der Waals surface area contributed by atoms with Gasteiger partial charge in [0.1, 0.15) is 13.2 Å². The third kappa shape index (κ3) is 3.63. The number of hydrogen-bond donors (Lipinski definition) is 2. The maximum absolute atomic E-state index is 12.8.